The molecule has 0 spiro atoms. The van der Waals surface area contributed by atoms with E-state index in [1.165, 1.54) is 0 Å². The molecule has 12 nitrogen and oxygen atoms in total. The van der Waals surface area contributed by atoms with Crippen molar-refractivity contribution < 1.29 is 72.9 Å². The number of hydrogen-bond donors (Lipinski definition) is 0. The van der Waals surface area contributed by atoms with Crippen LogP contribution >= 0.6 is 23.5 Å². The van der Waals surface area contributed by atoms with Gasteiger partial charge < -0.3 is 41.8 Å². The van der Waals surface area contributed by atoms with Crippen molar-refractivity contribution in [3.63, 3.8) is 0 Å². The molecule has 0 aromatic carbocycles. The molecular weight excluding hydrogens is 481 g/mol. The van der Waals surface area contributed by atoms with Crippen molar-refractivity contribution in [2.45, 2.75) is 41.5 Å². The topological polar surface area (TPSA) is 176 Å². The molecule has 0 bridgehead atoms. The van der Waals surface area contributed by atoms with Gasteiger partial charge in [-0.15, -0.1) is 0 Å². The van der Waals surface area contributed by atoms with E-state index in [1.54, 1.807) is 41.5 Å². The first-order valence-corrected chi connectivity index (χ1v) is 12.5. The van der Waals surface area contributed by atoms with E-state index >= 15 is 0 Å². The van der Waals surface area contributed by atoms with Gasteiger partial charge >= 0.3 is 17.4 Å². The van der Waals surface area contributed by atoms with Gasteiger partial charge in [-0.25, -0.2) is 0 Å². The molecular formula is C12H30CrO12P3. The maximum atomic E-state index is 10.4. The maximum absolute atomic E-state index is 10.4. The molecule has 28 heavy (non-hydrogen) atoms. The van der Waals surface area contributed by atoms with Crippen LogP contribution in [-0.4, -0.2) is 39.6 Å². The Morgan fingerprint density at radius 1 is 0.464 bits per heavy atom. The fourth-order valence-electron chi connectivity index (χ4n) is 1.06. The van der Waals surface area contributed by atoms with Gasteiger partial charge in [-0.2, -0.15) is 0 Å². The van der Waals surface area contributed by atoms with Gasteiger partial charge in [0.25, 0.3) is 23.5 Å². The zero-order valence-electron chi connectivity index (χ0n) is 16.9. The third kappa shape index (κ3) is 29.1. The van der Waals surface area contributed by atoms with E-state index < -0.39 is 23.5 Å². The Bertz CT molecular complexity index is 382. The normalized spacial score (nSPS) is 11.5. The first-order chi connectivity index (χ1) is 12.4. The fourth-order valence-corrected chi connectivity index (χ4v) is 3.18. The second-order valence-corrected chi connectivity index (χ2v) is 8.08. The molecule has 1 radical (unpaired) electrons. The van der Waals surface area contributed by atoms with Gasteiger partial charge in [0.2, 0.25) is 0 Å². The summed E-state index contributed by atoms with van der Waals surface area (Å²) in [6.07, 6.45) is 0. The van der Waals surface area contributed by atoms with Gasteiger partial charge in [-0.05, 0) is 41.5 Å². The van der Waals surface area contributed by atoms with Gasteiger partial charge in [0.15, 0.2) is 0 Å². The molecule has 0 unspecified atom stereocenters. The molecule has 0 rings (SSSR count). The molecule has 0 aliphatic carbocycles. The minimum atomic E-state index is -3.94. The summed E-state index contributed by atoms with van der Waals surface area (Å²) in [7, 11) is -11.8. The SMILES string of the molecule is CCOP(=O)([O-])OCC.CCOP(=O)([O-])OCC.CCOP(=O)([O-])OCC.[Cr+3]. The first-order valence-electron chi connectivity index (χ1n) is 8.17. The van der Waals surface area contributed by atoms with E-state index in [0.29, 0.717) is 0 Å². The van der Waals surface area contributed by atoms with Crippen molar-refractivity contribution in [1.82, 2.24) is 0 Å². The van der Waals surface area contributed by atoms with E-state index in [0.717, 1.165) is 0 Å². The second-order valence-electron chi connectivity index (χ2n) is 3.85. The molecule has 0 aliphatic heterocycles. The Hall–Kier alpha value is 0.862. The van der Waals surface area contributed by atoms with Crippen LogP contribution in [0.15, 0.2) is 0 Å². The molecule has 0 fully saturated rings. The summed E-state index contributed by atoms with van der Waals surface area (Å²) in [6, 6.07) is 0. The van der Waals surface area contributed by atoms with Gasteiger partial charge in [0, 0.05) is 0 Å². The number of phosphoric acid groups is 3. The van der Waals surface area contributed by atoms with E-state index in [9.17, 15) is 28.4 Å². The Balaban J connectivity index is -0.000000152. The fraction of sp³-hybridized carbons (Fsp3) is 1.00. The summed E-state index contributed by atoms with van der Waals surface area (Å²) in [4.78, 5) is 31.2. The average molecular weight is 511 g/mol. The zero-order chi connectivity index (χ0) is 22.0. The van der Waals surface area contributed by atoms with Crippen molar-refractivity contribution in [2.75, 3.05) is 39.6 Å². The van der Waals surface area contributed by atoms with Crippen molar-refractivity contribution in [3.05, 3.63) is 0 Å². The molecule has 0 saturated heterocycles. The minimum absolute atomic E-state index is 0. The Labute approximate surface area is 177 Å². The molecule has 0 atom stereocenters. The van der Waals surface area contributed by atoms with Crippen LogP contribution in [0.4, 0.5) is 0 Å². The van der Waals surface area contributed by atoms with E-state index in [4.69, 9.17) is 0 Å². The zero-order valence-corrected chi connectivity index (χ0v) is 20.8. The molecule has 0 aliphatic rings. The van der Waals surface area contributed by atoms with E-state index in [-0.39, 0.29) is 57.0 Å². The van der Waals surface area contributed by atoms with Crippen LogP contribution in [0.5, 0.6) is 0 Å². The van der Waals surface area contributed by atoms with Gasteiger partial charge in [0.05, 0.1) is 39.6 Å². The molecule has 171 valence electrons. The summed E-state index contributed by atoms with van der Waals surface area (Å²) in [5.41, 5.74) is 0. The van der Waals surface area contributed by atoms with Crippen molar-refractivity contribution >= 4 is 23.5 Å². The summed E-state index contributed by atoms with van der Waals surface area (Å²) in [6.45, 7) is 10.3. The average Bonchev–Trinajstić information content (AvgIpc) is 2.47. The minimum Gasteiger partial charge on any atom is -0.756 e. The van der Waals surface area contributed by atoms with Crippen LogP contribution < -0.4 is 14.7 Å². The Morgan fingerprint density at radius 3 is 0.643 bits per heavy atom. The predicted molar refractivity (Wildman–Crippen MR) is 92.6 cm³/mol. The standard InChI is InChI=1S/3C4H11O4P.Cr/c3*1-3-7-9(5,6)8-4-2;/h3*3-4H2,1-2H3,(H,5,6);/q;;;+3/p-3. The van der Waals surface area contributed by atoms with E-state index in [2.05, 4.69) is 27.1 Å². The predicted octanol–water partition coefficient (Wildman–Crippen LogP) is 1.58. The van der Waals surface area contributed by atoms with Crippen LogP contribution in [0, 0.1) is 0 Å². The third-order valence-corrected chi connectivity index (χ3v) is 5.17. The van der Waals surface area contributed by atoms with Crippen molar-refractivity contribution in [2.24, 2.45) is 0 Å². The molecule has 0 aromatic rings. The maximum Gasteiger partial charge on any atom is 3.00 e. The molecule has 0 aromatic heterocycles. The van der Waals surface area contributed by atoms with Crippen LogP contribution in [0.1, 0.15) is 41.5 Å². The monoisotopic (exact) mass is 511 g/mol. The molecule has 0 heterocycles. The van der Waals surface area contributed by atoms with Crippen LogP contribution in [-0.2, 0) is 58.2 Å². The summed E-state index contributed by atoms with van der Waals surface area (Å²) < 4.78 is 56.7. The van der Waals surface area contributed by atoms with Gasteiger partial charge in [-0.1, -0.05) is 0 Å². The van der Waals surface area contributed by atoms with Crippen molar-refractivity contribution in [1.29, 1.82) is 0 Å². The van der Waals surface area contributed by atoms with Gasteiger partial charge in [0.1, 0.15) is 0 Å². The van der Waals surface area contributed by atoms with Crippen LogP contribution in [0.2, 0.25) is 0 Å². The number of phosphoric ester groups is 3. The largest absolute Gasteiger partial charge is 3.00 e. The quantitative estimate of drug-likeness (QED) is 0.346. The van der Waals surface area contributed by atoms with Crippen molar-refractivity contribution in [3.8, 4) is 0 Å². The molecule has 16 heteroatoms. The van der Waals surface area contributed by atoms with Gasteiger partial charge in [-0.3, -0.25) is 13.7 Å². The molecule has 0 amide bonds. The summed E-state index contributed by atoms with van der Waals surface area (Å²) in [5.74, 6) is 0. The smallest absolute Gasteiger partial charge is 0.756 e. The number of hydrogen-bond acceptors (Lipinski definition) is 12. The van der Waals surface area contributed by atoms with Crippen LogP contribution in [0.3, 0.4) is 0 Å². The molecule has 0 saturated carbocycles. The van der Waals surface area contributed by atoms with Crippen LogP contribution in [0.25, 0.3) is 0 Å². The molecule has 0 N–H and O–H groups in total. The summed E-state index contributed by atoms with van der Waals surface area (Å²) >= 11 is 0. The van der Waals surface area contributed by atoms with E-state index in [1.807, 2.05) is 0 Å². The second kappa shape index (κ2) is 21.1. The Morgan fingerprint density at radius 2 is 0.571 bits per heavy atom. The summed E-state index contributed by atoms with van der Waals surface area (Å²) in [5, 5.41) is 0. The third-order valence-electron chi connectivity index (χ3n) is 1.72. The first kappa shape index (κ1) is 36.2. The number of rotatable bonds is 12. The Kier molecular flexibility index (Phi) is 27.3.